The average molecular weight is 362 g/mol. The van der Waals surface area contributed by atoms with Crippen molar-refractivity contribution in [2.45, 2.75) is 24.2 Å². The normalized spacial score (nSPS) is 31.5. The molecule has 5 N–H and O–H groups in total. The van der Waals surface area contributed by atoms with Gasteiger partial charge in [-0.1, -0.05) is 0 Å². The fourth-order valence-electron chi connectivity index (χ4n) is 3.23. The zero-order valence-corrected chi connectivity index (χ0v) is 13.1. The van der Waals surface area contributed by atoms with Gasteiger partial charge < -0.3 is 25.8 Å². The van der Waals surface area contributed by atoms with Crippen LogP contribution in [0.1, 0.15) is 0 Å². The molecule has 26 heavy (non-hydrogen) atoms. The van der Waals surface area contributed by atoms with E-state index >= 15 is 0 Å². The second kappa shape index (κ2) is 5.54. The van der Waals surface area contributed by atoms with Crippen molar-refractivity contribution in [3.8, 4) is 0 Å². The number of aromatic nitrogens is 4. The van der Waals surface area contributed by atoms with Crippen LogP contribution in [-0.4, -0.2) is 76.5 Å². The SMILES string of the molecule is Nc1ncnc2c1ncn2[C@]1(N2C(=O)C=CC2=O)O[C@H](CO)[C@@H](O)[C@H]1O. The van der Waals surface area contributed by atoms with Gasteiger partial charge in [-0.05, 0) is 0 Å². The molecule has 4 heterocycles. The van der Waals surface area contributed by atoms with Crippen molar-refractivity contribution in [3.05, 3.63) is 24.8 Å². The van der Waals surface area contributed by atoms with Gasteiger partial charge in [0.15, 0.2) is 17.6 Å². The molecule has 2 amide bonds. The topological polar surface area (TPSA) is 177 Å². The number of carbonyl (C=O) groups excluding carboxylic acids is 2. The van der Waals surface area contributed by atoms with E-state index in [1.165, 1.54) is 0 Å². The van der Waals surface area contributed by atoms with Crippen molar-refractivity contribution < 1.29 is 29.6 Å². The second-order valence-electron chi connectivity index (χ2n) is 5.82. The molecule has 136 valence electrons. The van der Waals surface area contributed by atoms with Crippen molar-refractivity contribution in [1.29, 1.82) is 0 Å². The van der Waals surface area contributed by atoms with Gasteiger partial charge in [0.1, 0.15) is 30.4 Å². The molecule has 0 unspecified atom stereocenters. The summed E-state index contributed by atoms with van der Waals surface area (Å²) >= 11 is 0. The minimum atomic E-state index is -2.21. The van der Waals surface area contributed by atoms with Gasteiger partial charge >= 0.3 is 0 Å². The molecule has 0 aliphatic carbocycles. The van der Waals surface area contributed by atoms with Gasteiger partial charge in [0.2, 0.25) is 0 Å². The molecule has 0 spiro atoms. The smallest absolute Gasteiger partial charge is 0.267 e. The summed E-state index contributed by atoms with van der Waals surface area (Å²) in [7, 11) is 0. The van der Waals surface area contributed by atoms with Gasteiger partial charge in [-0.25, -0.2) is 19.9 Å². The lowest BCUT2D eigenvalue weighted by Gasteiger charge is -2.39. The number of nitrogens with two attached hydrogens (primary N) is 1. The summed E-state index contributed by atoms with van der Waals surface area (Å²) in [6.07, 6.45) is -0.342. The number of imide groups is 1. The van der Waals surface area contributed by atoms with Crippen LogP contribution < -0.4 is 5.73 Å². The van der Waals surface area contributed by atoms with Crippen molar-refractivity contribution in [2.75, 3.05) is 12.3 Å². The molecular weight excluding hydrogens is 348 g/mol. The number of nitrogen functional groups attached to an aromatic ring is 1. The van der Waals surface area contributed by atoms with Crippen LogP contribution in [0.25, 0.3) is 11.2 Å². The van der Waals surface area contributed by atoms with Crippen molar-refractivity contribution >= 4 is 28.8 Å². The Balaban J connectivity index is 1.99. The van der Waals surface area contributed by atoms with E-state index in [2.05, 4.69) is 15.0 Å². The van der Waals surface area contributed by atoms with Gasteiger partial charge in [0.05, 0.1) is 6.61 Å². The van der Waals surface area contributed by atoms with Gasteiger partial charge in [0, 0.05) is 12.2 Å². The quantitative estimate of drug-likeness (QED) is 0.413. The number of hydrogen-bond acceptors (Lipinski definition) is 10. The summed E-state index contributed by atoms with van der Waals surface area (Å²) in [5.41, 5.74) is 5.97. The van der Waals surface area contributed by atoms with E-state index < -0.39 is 42.6 Å². The largest absolute Gasteiger partial charge is 0.394 e. The summed E-state index contributed by atoms with van der Waals surface area (Å²) in [5.74, 6) is -3.72. The lowest BCUT2D eigenvalue weighted by atomic mass is 10.1. The summed E-state index contributed by atoms with van der Waals surface area (Å²) in [6.45, 7) is -0.659. The summed E-state index contributed by atoms with van der Waals surface area (Å²) < 4.78 is 6.77. The summed E-state index contributed by atoms with van der Waals surface area (Å²) in [6, 6.07) is 0. The predicted octanol–water partition coefficient (Wildman–Crippen LogP) is -2.94. The van der Waals surface area contributed by atoms with Crippen LogP contribution in [0, 0.1) is 0 Å². The Labute approximate surface area is 145 Å². The first kappa shape index (κ1) is 16.5. The van der Waals surface area contributed by atoms with Crippen LogP contribution in [0.4, 0.5) is 5.82 Å². The number of amides is 2. The zero-order chi connectivity index (χ0) is 18.6. The third kappa shape index (κ3) is 1.94. The number of anilines is 1. The molecule has 0 radical (unpaired) electrons. The number of aliphatic hydroxyl groups is 3. The molecule has 2 aromatic heterocycles. The summed E-state index contributed by atoms with van der Waals surface area (Å²) in [4.78, 5) is 37.1. The molecule has 12 nitrogen and oxygen atoms in total. The highest BCUT2D eigenvalue weighted by Gasteiger charge is 2.63. The first-order valence-electron chi connectivity index (χ1n) is 7.57. The van der Waals surface area contributed by atoms with Crippen LogP contribution in [-0.2, 0) is 20.2 Å². The van der Waals surface area contributed by atoms with Gasteiger partial charge in [0.25, 0.3) is 17.7 Å². The highest BCUT2D eigenvalue weighted by atomic mass is 16.6. The number of hydrogen-bond donors (Lipinski definition) is 4. The molecule has 0 bridgehead atoms. The van der Waals surface area contributed by atoms with Crippen molar-refractivity contribution in [1.82, 2.24) is 24.4 Å². The molecule has 2 aromatic rings. The lowest BCUT2D eigenvalue weighted by Crippen LogP contribution is -2.60. The van der Waals surface area contributed by atoms with Crippen LogP contribution in [0.2, 0.25) is 0 Å². The average Bonchev–Trinajstić information content (AvgIpc) is 3.27. The number of ether oxygens (including phenoxy) is 1. The monoisotopic (exact) mass is 362 g/mol. The Hall–Kier alpha value is -2.93. The zero-order valence-electron chi connectivity index (χ0n) is 13.1. The predicted molar refractivity (Wildman–Crippen MR) is 82.7 cm³/mol. The van der Waals surface area contributed by atoms with Crippen LogP contribution >= 0.6 is 0 Å². The number of fused-ring (bicyclic) bond motifs is 1. The van der Waals surface area contributed by atoms with E-state index in [1.807, 2.05) is 0 Å². The minimum absolute atomic E-state index is 0.0350. The Morgan fingerprint density at radius 3 is 2.50 bits per heavy atom. The highest BCUT2D eigenvalue weighted by Crippen LogP contribution is 2.41. The van der Waals surface area contributed by atoms with E-state index in [0.717, 1.165) is 29.4 Å². The molecule has 12 heteroatoms. The Morgan fingerprint density at radius 2 is 1.88 bits per heavy atom. The second-order valence-corrected chi connectivity index (χ2v) is 5.82. The highest BCUT2D eigenvalue weighted by molar-refractivity contribution is 6.13. The first-order chi connectivity index (χ1) is 12.4. The van der Waals surface area contributed by atoms with Crippen LogP contribution in [0.3, 0.4) is 0 Å². The molecular formula is C14H14N6O6. The number of nitrogens with zero attached hydrogens (tertiary/aromatic N) is 5. The van der Waals surface area contributed by atoms with Crippen LogP contribution in [0.15, 0.2) is 24.8 Å². The van der Waals surface area contributed by atoms with E-state index in [-0.39, 0.29) is 17.0 Å². The molecule has 0 aromatic carbocycles. The maximum atomic E-state index is 12.3. The third-order valence-electron chi connectivity index (χ3n) is 4.43. The molecule has 4 atom stereocenters. The number of imidazole rings is 1. The fraction of sp³-hybridized carbons (Fsp3) is 0.357. The molecule has 4 rings (SSSR count). The van der Waals surface area contributed by atoms with E-state index in [9.17, 15) is 24.9 Å². The molecule has 2 aliphatic heterocycles. The Kier molecular flexibility index (Phi) is 3.52. The van der Waals surface area contributed by atoms with Crippen LogP contribution in [0.5, 0.6) is 0 Å². The van der Waals surface area contributed by atoms with E-state index in [1.54, 1.807) is 0 Å². The number of rotatable bonds is 3. The molecule has 1 saturated heterocycles. The summed E-state index contributed by atoms with van der Waals surface area (Å²) in [5, 5.41) is 30.4. The maximum absolute atomic E-state index is 12.3. The fourth-order valence-corrected chi connectivity index (χ4v) is 3.23. The molecule has 2 aliphatic rings. The maximum Gasteiger partial charge on any atom is 0.267 e. The van der Waals surface area contributed by atoms with Crippen molar-refractivity contribution in [3.63, 3.8) is 0 Å². The number of aliphatic hydroxyl groups excluding tert-OH is 3. The molecule has 1 fully saturated rings. The Morgan fingerprint density at radius 1 is 1.19 bits per heavy atom. The third-order valence-corrected chi connectivity index (χ3v) is 4.43. The number of carbonyl (C=O) groups is 2. The molecule has 0 saturated carbocycles. The van der Waals surface area contributed by atoms with E-state index in [0.29, 0.717) is 4.90 Å². The van der Waals surface area contributed by atoms with Gasteiger partial charge in [-0.2, -0.15) is 0 Å². The van der Waals surface area contributed by atoms with Gasteiger partial charge in [-0.3, -0.25) is 14.2 Å². The Bertz CT molecular complexity index is 925. The van der Waals surface area contributed by atoms with Gasteiger partial charge in [-0.15, -0.1) is 0 Å². The van der Waals surface area contributed by atoms with E-state index in [4.69, 9.17) is 10.5 Å². The lowest BCUT2D eigenvalue weighted by molar-refractivity contribution is -0.230. The van der Waals surface area contributed by atoms with Crippen molar-refractivity contribution in [2.24, 2.45) is 0 Å². The standard InChI is InChI=1S/C14H14N6O6/c15-12-9-13(17-4-16-12)19(5-18-9)14(20-7(22)1-2-8(20)23)11(25)10(24)6(3-21)26-14/h1-2,4-6,10-11,21,24-25H,3H2,(H2,15,16,17)/t6-,10-,11-,14-/m1/s1. The first-order valence-corrected chi connectivity index (χ1v) is 7.57. The minimum Gasteiger partial charge on any atom is -0.394 e.